The highest BCUT2D eigenvalue weighted by atomic mass is 35.5. The first kappa shape index (κ1) is 17.1. The number of amides is 1. The van der Waals surface area contributed by atoms with E-state index in [4.69, 9.17) is 26.9 Å². The first-order chi connectivity index (χ1) is 11.1. The lowest BCUT2D eigenvalue weighted by molar-refractivity contribution is 0.0953. The van der Waals surface area contributed by atoms with Crippen molar-refractivity contribution < 1.29 is 18.7 Å². The fourth-order valence-electron chi connectivity index (χ4n) is 1.95. The Kier molecular flexibility index (Phi) is 5.78. The van der Waals surface area contributed by atoms with Gasteiger partial charge in [0.1, 0.15) is 12.4 Å². The summed E-state index contributed by atoms with van der Waals surface area (Å²) >= 11 is 6.16. The molecule has 23 heavy (non-hydrogen) atoms. The van der Waals surface area contributed by atoms with Crippen LogP contribution in [0, 0.1) is 5.82 Å². The van der Waals surface area contributed by atoms with Gasteiger partial charge in [-0.1, -0.05) is 29.8 Å². The number of carbonyl (C=O) groups is 1. The van der Waals surface area contributed by atoms with Crippen LogP contribution in [-0.4, -0.2) is 12.5 Å². The zero-order valence-corrected chi connectivity index (χ0v) is 13.2. The molecule has 0 aliphatic heterocycles. The molecule has 0 heterocycles. The Bertz CT molecular complexity index is 710. The monoisotopic (exact) mass is 338 g/mol. The van der Waals surface area contributed by atoms with Gasteiger partial charge in [-0.05, 0) is 25.1 Å². The van der Waals surface area contributed by atoms with E-state index >= 15 is 0 Å². The van der Waals surface area contributed by atoms with Crippen molar-refractivity contribution in [3.8, 4) is 11.5 Å². The number of rotatable bonds is 6. The lowest BCUT2D eigenvalue weighted by Crippen LogP contribution is -2.30. The first-order valence-corrected chi connectivity index (χ1v) is 7.28. The maximum Gasteiger partial charge on any atom is 0.265 e. The zero-order valence-electron chi connectivity index (χ0n) is 12.4. The van der Waals surface area contributed by atoms with E-state index < -0.39 is 5.91 Å². The van der Waals surface area contributed by atoms with Crippen molar-refractivity contribution in [3.63, 3.8) is 0 Å². The van der Waals surface area contributed by atoms with Gasteiger partial charge < -0.3 is 9.47 Å². The van der Waals surface area contributed by atoms with E-state index in [9.17, 15) is 9.18 Å². The molecule has 0 saturated carbocycles. The van der Waals surface area contributed by atoms with Gasteiger partial charge in [0.2, 0.25) is 0 Å². The lowest BCUT2D eigenvalue weighted by Gasteiger charge is -2.15. The molecule has 0 unspecified atom stereocenters. The molecule has 0 radical (unpaired) electrons. The van der Waals surface area contributed by atoms with Gasteiger partial charge in [-0.3, -0.25) is 10.2 Å². The Hall–Kier alpha value is -2.31. The van der Waals surface area contributed by atoms with Crippen molar-refractivity contribution in [2.75, 3.05) is 6.61 Å². The molecule has 7 heteroatoms. The molecular formula is C16H16ClFN2O3. The van der Waals surface area contributed by atoms with Crippen LogP contribution >= 0.6 is 11.6 Å². The maximum absolute atomic E-state index is 13.6. The Balaban J connectivity index is 2.29. The molecule has 0 spiro atoms. The van der Waals surface area contributed by atoms with Crippen LogP contribution < -0.4 is 20.7 Å². The standard InChI is InChI=1S/C16H16ClFN2O3/c1-2-22-14-8-11(16(21)20-19)7-12(17)15(14)23-9-10-5-3-4-6-13(10)18/h3-8H,2,9,19H2,1H3,(H,20,21). The van der Waals surface area contributed by atoms with Gasteiger partial charge in [-0.25, -0.2) is 10.2 Å². The number of hydrogen-bond acceptors (Lipinski definition) is 4. The largest absolute Gasteiger partial charge is 0.490 e. The lowest BCUT2D eigenvalue weighted by atomic mass is 10.2. The predicted molar refractivity (Wildman–Crippen MR) is 85.0 cm³/mol. The normalized spacial score (nSPS) is 10.3. The second-order valence-electron chi connectivity index (χ2n) is 4.57. The average molecular weight is 339 g/mol. The van der Waals surface area contributed by atoms with Crippen LogP contribution in [0.3, 0.4) is 0 Å². The van der Waals surface area contributed by atoms with Crippen molar-refractivity contribution >= 4 is 17.5 Å². The Morgan fingerprint density at radius 1 is 1.30 bits per heavy atom. The minimum Gasteiger partial charge on any atom is -0.490 e. The SMILES string of the molecule is CCOc1cc(C(=O)NN)cc(Cl)c1OCc1ccccc1F. The maximum atomic E-state index is 13.6. The number of hydrogen-bond donors (Lipinski definition) is 2. The van der Waals surface area contributed by atoms with Gasteiger partial charge in [0, 0.05) is 11.1 Å². The van der Waals surface area contributed by atoms with Gasteiger partial charge in [0.25, 0.3) is 5.91 Å². The third kappa shape index (κ3) is 4.12. The van der Waals surface area contributed by atoms with Crippen molar-refractivity contribution in [1.29, 1.82) is 0 Å². The van der Waals surface area contributed by atoms with Crippen LogP contribution in [0.25, 0.3) is 0 Å². The van der Waals surface area contributed by atoms with E-state index in [0.29, 0.717) is 12.2 Å². The number of benzene rings is 2. The molecule has 122 valence electrons. The molecule has 0 fully saturated rings. The van der Waals surface area contributed by atoms with E-state index in [2.05, 4.69) is 0 Å². The second kappa shape index (κ2) is 7.80. The van der Waals surface area contributed by atoms with Crippen LogP contribution in [0.1, 0.15) is 22.8 Å². The van der Waals surface area contributed by atoms with E-state index in [0.717, 1.165) is 0 Å². The van der Waals surface area contributed by atoms with Crippen molar-refractivity contribution in [3.05, 3.63) is 58.4 Å². The van der Waals surface area contributed by atoms with E-state index in [1.165, 1.54) is 18.2 Å². The summed E-state index contributed by atoms with van der Waals surface area (Å²) in [5.74, 6) is 4.76. The highest BCUT2D eigenvalue weighted by Gasteiger charge is 2.16. The summed E-state index contributed by atoms with van der Waals surface area (Å²) in [6.07, 6.45) is 0. The summed E-state index contributed by atoms with van der Waals surface area (Å²) in [6.45, 7) is 2.11. The molecule has 0 aliphatic rings. The fourth-order valence-corrected chi connectivity index (χ4v) is 2.22. The van der Waals surface area contributed by atoms with E-state index in [-0.39, 0.29) is 34.5 Å². The number of hydrazine groups is 1. The Morgan fingerprint density at radius 2 is 2.04 bits per heavy atom. The molecule has 1 amide bonds. The third-order valence-corrected chi connectivity index (χ3v) is 3.31. The minimum absolute atomic E-state index is 0.0189. The molecule has 5 nitrogen and oxygen atoms in total. The fraction of sp³-hybridized carbons (Fsp3) is 0.188. The summed E-state index contributed by atoms with van der Waals surface area (Å²) in [5, 5.41) is 0.172. The van der Waals surface area contributed by atoms with Crippen molar-refractivity contribution in [1.82, 2.24) is 5.43 Å². The molecule has 2 aromatic carbocycles. The van der Waals surface area contributed by atoms with E-state index in [1.54, 1.807) is 25.1 Å². The van der Waals surface area contributed by atoms with Crippen LogP contribution in [0.4, 0.5) is 4.39 Å². The van der Waals surface area contributed by atoms with Gasteiger partial charge in [0.05, 0.1) is 11.6 Å². The molecule has 0 atom stereocenters. The molecule has 2 rings (SSSR count). The molecule has 3 N–H and O–H groups in total. The van der Waals surface area contributed by atoms with Gasteiger partial charge >= 0.3 is 0 Å². The third-order valence-electron chi connectivity index (χ3n) is 3.03. The Morgan fingerprint density at radius 3 is 2.70 bits per heavy atom. The van der Waals surface area contributed by atoms with Crippen LogP contribution in [0.2, 0.25) is 5.02 Å². The summed E-state index contributed by atoms with van der Waals surface area (Å²) in [6, 6.07) is 9.13. The highest BCUT2D eigenvalue weighted by Crippen LogP contribution is 2.37. The zero-order chi connectivity index (χ0) is 16.8. The molecule has 0 aliphatic carbocycles. The van der Waals surface area contributed by atoms with Crippen LogP contribution in [0.5, 0.6) is 11.5 Å². The average Bonchev–Trinajstić information content (AvgIpc) is 2.55. The number of nitrogens with two attached hydrogens (primary N) is 1. The molecule has 2 aromatic rings. The molecule has 0 bridgehead atoms. The predicted octanol–water partition coefficient (Wildman–Crippen LogP) is 3.06. The molecular weight excluding hydrogens is 323 g/mol. The number of nitrogens with one attached hydrogen (secondary N) is 1. The second-order valence-corrected chi connectivity index (χ2v) is 4.98. The van der Waals surface area contributed by atoms with Gasteiger partial charge in [0.15, 0.2) is 11.5 Å². The summed E-state index contributed by atoms with van der Waals surface area (Å²) in [4.78, 5) is 11.6. The quantitative estimate of drug-likeness (QED) is 0.482. The highest BCUT2D eigenvalue weighted by molar-refractivity contribution is 6.32. The summed E-state index contributed by atoms with van der Waals surface area (Å²) in [5.41, 5.74) is 2.64. The topological polar surface area (TPSA) is 73.6 Å². The van der Waals surface area contributed by atoms with Gasteiger partial charge in [-0.15, -0.1) is 0 Å². The van der Waals surface area contributed by atoms with Crippen molar-refractivity contribution in [2.45, 2.75) is 13.5 Å². The number of ether oxygens (including phenoxy) is 2. The minimum atomic E-state index is -0.506. The van der Waals surface area contributed by atoms with Gasteiger partial charge in [-0.2, -0.15) is 0 Å². The molecule has 0 saturated heterocycles. The van der Waals surface area contributed by atoms with Crippen LogP contribution in [0.15, 0.2) is 36.4 Å². The first-order valence-electron chi connectivity index (χ1n) is 6.90. The smallest absolute Gasteiger partial charge is 0.265 e. The number of halogens is 2. The van der Waals surface area contributed by atoms with E-state index in [1.807, 2.05) is 5.43 Å². The number of carbonyl (C=O) groups excluding carboxylic acids is 1. The summed E-state index contributed by atoms with van der Waals surface area (Å²) < 4.78 is 24.7. The molecule has 0 aromatic heterocycles. The number of nitrogen functional groups attached to an aromatic ring is 1. The summed E-state index contributed by atoms with van der Waals surface area (Å²) in [7, 11) is 0. The van der Waals surface area contributed by atoms with Crippen molar-refractivity contribution in [2.24, 2.45) is 5.84 Å². The van der Waals surface area contributed by atoms with Crippen LogP contribution in [-0.2, 0) is 6.61 Å². The Labute approximate surface area is 138 Å².